The number of aliphatic imine (C=N–C) groups is 1. The van der Waals surface area contributed by atoms with E-state index < -0.39 is 0 Å². The molecule has 0 unspecified atom stereocenters. The van der Waals surface area contributed by atoms with Crippen molar-refractivity contribution in [1.82, 2.24) is 5.32 Å². The highest BCUT2D eigenvalue weighted by Crippen LogP contribution is 2.31. The van der Waals surface area contributed by atoms with Crippen LogP contribution in [-0.4, -0.2) is 11.1 Å². The van der Waals surface area contributed by atoms with E-state index >= 15 is 0 Å². The predicted octanol–water partition coefficient (Wildman–Crippen LogP) is 5.93. The maximum atomic E-state index is 13.0. The largest absolute Gasteiger partial charge is 0.488 e. The second-order valence-electron chi connectivity index (χ2n) is 6.71. The third-order valence-electron chi connectivity index (χ3n) is 4.48. The van der Waals surface area contributed by atoms with E-state index in [0.29, 0.717) is 27.1 Å². The summed E-state index contributed by atoms with van der Waals surface area (Å²) in [6.07, 6.45) is 1.76. The summed E-state index contributed by atoms with van der Waals surface area (Å²) in [4.78, 5) is 17.1. The zero-order chi connectivity index (χ0) is 22.5. The van der Waals surface area contributed by atoms with E-state index in [-0.39, 0.29) is 18.3 Å². The molecule has 0 saturated carbocycles. The second kappa shape index (κ2) is 9.81. The molecule has 5 nitrogen and oxygen atoms in total. The summed E-state index contributed by atoms with van der Waals surface area (Å²) in [6.45, 7) is 0.268. The first-order chi connectivity index (χ1) is 15.5. The van der Waals surface area contributed by atoms with Crippen molar-refractivity contribution < 1.29 is 13.9 Å². The fraction of sp³-hybridized carbons (Fsp3) is 0.0417. The smallest absolute Gasteiger partial charge is 0.264 e. The first-order valence-corrected chi connectivity index (χ1v) is 11.1. The Morgan fingerprint density at radius 3 is 2.69 bits per heavy atom. The van der Waals surface area contributed by atoms with Crippen LogP contribution in [-0.2, 0) is 11.4 Å². The Morgan fingerprint density at radius 2 is 1.94 bits per heavy atom. The Bertz CT molecular complexity index is 1280. The maximum Gasteiger partial charge on any atom is 0.264 e. The summed E-state index contributed by atoms with van der Waals surface area (Å²) in [5, 5.41) is 12.3. The Morgan fingerprint density at radius 1 is 1.16 bits per heavy atom. The van der Waals surface area contributed by atoms with Gasteiger partial charge in [-0.25, -0.2) is 9.38 Å². The molecular weight excluding hydrogens is 493 g/mol. The molecule has 1 aliphatic rings. The number of ether oxygens (including phenoxy) is 1. The highest BCUT2D eigenvalue weighted by Gasteiger charge is 2.24. The Labute approximate surface area is 196 Å². The normalized spacial score (nSPS) is 15.6. The van der Waals surface area contributed by atoms with Crippen molar-refractivity contribution in [3.05, 3.63) is 98.6 Å². The quantitative estimate of drug-likeness (QED) is 0.434. The molecule has 0 aromatic heterocycles. The average Bonchev–Trinajstić information content (AvgIpc) is 3.13. The summed E-state index contributed by atoms with van der Waals surface area (Å²) in [5.41, 5.74) is 2.74. The van der Waals surface area contributed by atoms with Gasteiger partial charge in [0.15, 0.2) is 5.17 Å². The average molecular weight is 508 g/mol. The number of thioether (sulfide) groups is 1. The van der Waals surface area contributed by atoms with Crippen LogP contribution in [0, 0.1) is 17.1 Å². The number of rotatable bonds is 5. The topological polar surface area (TPSA) is 74.5 Å². The number of amidine groups is 1. The number of nitrogens with one attached hydrogen (secondary N) is 1. The first kappa shape index (κ1) is 21.8. The van der Waals surface area contributed by atoms with Crippen LogP contribution >= 0.6 is 27.7 Å². The number of amides is 1. The lowest BCUT2D eigenvalue weighted by Crippen LogP contribution is -2.19. The van der Waals surface area contributed by atoms with Gasteiger partial charge in [0.2, 0.25) is 0 Å². The molecule has 32 heavy (non-hydrogen) atoms. The highest BCUT2D eigenvalue weighted by molar-refractivity contribution is 9.10. The van der Waals surface area contributed by atoms with E-state index in [2.05, 4.69) is 32.3 Å². The van der Waals surface area contributed by atoms with E-state index in [1.807, 2.05) is 30.3 Å². The number of benzene rings is 3. The first-order valence-electron chi connectivity index (χ1n) is 9.47. The van der Waals surface area contributed by atoms with Crippen molar-refractivity contribution in [2.75, 3.05) is 0 Å². The molecule has 4 rings (SSSR count). The van der Waals surface area contributed by atoms with Crippen molar-refractivity contribution in [3.8, 4) is 11.8 Å². The molecule has 0 aliphatic carbocycles. The Balaban J connectivity index is 1.46. The predicted molar refractivity (Wildman–Crippen MR) is 127 cm³/mol. The van der Waals surface area contributed by atoms with Crippen molar-refractivity contribution in [2.45, 2.75) is 6.61 Å². The van der Waals surface area contributed by atoms with Gasteiger partial charge < -0.3 is 10.1 Å². The lowest BCUT2D eigenvalue weighted by molar-refractivity contribution is -0.115. The van der Waals surface area contributed by atoms with E-state index in [0.717, 1.165) is 15.6 Å². The summed E-state index contributed by atoms with van der Waals surface area (Å²) in [6, 6.07) is 20.6. The number of nitriles is 1. The molecule has 0 radical (unpaired) electrons. The number of hydrogen-bond acceptors (Lipinski definition) is 5. The van der Waals surface area contributed by atoms with E-state index in [9.17, 15) is 14.4 Å². The minimum atomic E-state index is -0.343. The van der Waals surface area contributed by atoms with Crippen LogP contribution in [0.4, 0.5) is 10.1 Å². The summed E-state index contributed by atoms with van der Waals surface area (Å²) in [7, 11) is 0. The van der Waals surface area contributed by atoms with Gasteiger partial charge in [0.1, 0.15) is 18.2 Å². The molecule has 158 valence electrons. The SMILES string of the molecule is N#Cc1ccccc1COc1ccc(C=C2SC(=Nc3ccc(F)cc3)NC2=O)cc1Br. The van der Waals surface area contributed by atoms with Crippen LogP contribution in [0.2, 0.25) is 0 Å². The van der Waals surface area contributed by atoms with Gasteiger partial charge >= 0.3 is 0 Å². The van der Waals surface area contributed by atoms with Crippen LogP contribution in [0.15, 0.2) is 81.1 Å². The molecule has 1 amide bonds. The molecule has 1 fully saturated rings. The minimum Gasteiger partial charge on any atom is -0.488 e. The lowest BCUT2D eigenvalue weighted by Gasteiger charge is -2.10. The van der Waals surface area contributed by atoms with Crippen LogP contribution in [0.25, 0.3) is 6.08 Å². The summed E-state index contributed by atoms with van der Waals surface area (Å²) < 4.78 is 19.6. The number of nitrogens with zero attached hydrogens (tertiary/aromatic N) is 2. The van der Waals surface area contributed by atoms with Crippen LogP contribution in [0.1, 0.15) is 16.7 Å². The second-order valence-corrected chi connectivity index (χ2v) is 8.59. The third kappa shape index (κ3) is 5.25. The highest BCUT2D eigenvalue weighted by atomic mass is 79.9. The maximum absolute atomic E-state index is 13.0. The number of halogens is 2. The van der Waals surface area contributed by atoms with E-state index in [1.165, 1.54) is 23.9 Å². The van der Waals surface area contributed by atoms with Gasteiger partial charge in [-0.2, -0.15) is 5.26 Å². The molecule has 1 saturated heterocycles. The van der Waals surface area contributed by atoms with Crippen LogP contribution in [0.5, 0.6) is 5.75 Å². The molecule has 1 N–H and O–H groups in total. The van der Waals surface area contributed by atoms with Gasteiger partial charge in [0, 0.05) is 5.56 Å². The minimum absolute atomic E-state index is 0.250. The zero-order valence-electron chi connectivity index (χ0n) is 16.5. The fourth-order valence-corrected chi connectivity index (χ4v) is 4.25. The molecule has 0 atom stereocenters. The third-order valence-corrected chi connectivity index (χ3v) is 6.01. The van der Waals surface area contributed by atoms with Crippen molar-refractivity contribution in [1.29, 1.82) is 5.26 Å². The monoisotopic (exact) mass is 507 g/mol. The zero-order valence-corrected chi connectivity index (χ0v) is 18.9. The molecule has 1 aliphatic heterocycles. The lowest BCUT2D eigenvalue weighted by atomic mass is 10.1. The number of hydrogen-bond donors (Lipinski definition) is 1. The summed E-state index contributed by atoms with van der Waals surface area (Å²) in [5.74, 6) is 0.0346. The van der Waals surface area contributed by atoms with Gasteiger partial charge in [0.05, 0.1) is 26.7 Å². The standard InChI is InChI=1S/C24H15BrFN3O2S/c25-20-11-15(5-10-21(20)31-14-17-4-2-1-3-16(17)13-27)12-22-23(30)29-24(32-22)28-19-8-6-18(26)7-9-19/h1-12H,14H2,(H,28,29,30). The van der Waals surface area contributed by atoms with E-state index in [1.54, 1.807) is 30.3 Å². The van der Waals surface area contributed by atoms with Gasteiger partial charge in [-0.15, -0.1) is 0 Å². The van der Waals surface area contributed by atoms with Crippen molar-refractivity contribution in [2.24, 2.45) is 4.99 Å². The molecule has 1 heterocycles. The Hall–Kier alpha value is -3.41. The molecule has 3 aromatic rings. The van der Waals surface area contributed by atoms with Crippen molar-refractivity contribution >= 4 is 50.5 Å². The molecular formula is C24H15BrFN3O2S. The van der Waals surface area contributed by atoms with Gasteiger partial charge in [-0.05, 0) is 81.8 Å². The van der Waals surface area contributed by atoms with Gasteiger partial charge in [0.25, 0.3) is 5.91 Å². The molecule has 0 bridgehead atoms. The van der Waals surface area contributed by atoms with Crippen LogP contribution < -0.4 is 10.1 Å². The van der Waals surface area contributed by atoms with Gasteiger partial charge in [-0.3, -0.25) is 4.79 Å². The molecule has 3 aromatic carbocycles. The molecule has 0 spiro atoms. The molecule has 8 heteroatoms. The number of carbonyl (C=O) groups is 1. The fourth-order valence-electron chi connectivity index (χ4n) is 2.90. The van der Waals surface area contributed by atoms with E-state index in [4.69, 9.17) is 4.74 Å². The number of carbonyl (C=O) groups excluding carboxylic acids is 1. The summed E-state index contributed by atoms with van der Waals surface area (Å²) >= 11 is 4.72. The van der Waals surface area contributed by atoms with Gasteiger partial charge in [-0.1, -0.05) is 24.3 Å². The van der Waals surface area contributed by atoms with Crippen LogP contribution in [0.3, 0.4) is 0 Å². The van der Waals surface area contributed by atoms with Crippen molar-refractivity contribution in [3.63, 3.8) is 0 Å². The Kier molecular flexibility index (Phi) is 6.69.